The first-order valence-electron chi connectivity index (χ1n) is 16.7. The van der Waals surface area contributed by atoms with Crippen molar-refractivity contribution < 1.29 is 14.7 Å². The Morgan fingerprint density at radius 2 is 1.09 bits per heavy atom. The fourth-order valence-corrected chi connectivity index (χ4v) is 6.82. The molecule has 0 saturated carbocycles. The lowest BCUT2D eigenvalue weighted by atomic mass is 10.2. The highest BCUT2D eigenvalue weighted by molar-refractivity contribution is 9.11. The molecule has 2 aromatic carbocycles. The van der Waals surface area contributed by atoms with Crippen molar-refractivity contribution in [3.63, 3.8) is 0 Å². The molecule has 8 aromatic rings. The number of rotatable bonds is 8. The number of carbonyl (C=O) groups excluding carboxylic acids is 1. The maximum absolute atomic E-state index is 11.9. The van der Waals surface area contributed by atoms with E-state index in [4.69, 9.17) is 0 Å². The molecule has 0 unspecified atom stereocenters. The molecule has 0 radical (unpaired) electrons. The summed E-state index contributed by atoms with van der Waals surface area (Å²) < 4.78 is 1.61. The van der Waals surface area contributed by atoms with Gasteiger partial charge in [-0.05, 0) is 105 Å². The zero-order chi connectivity index (χ0) is 38.6. The van der Waals surface area contributed by atoms with Gasteiger partial charge < -0.3 is 30.2 Å². The number of carbonyl (C=O) groups is 2. The molecule has 6 aromatic heterocycles. The minimum atomic E-state index is -1.00. The van der Waals surface area contributed by atoms with Crippen molar-refractivity contribution in [3.05, 3.63) is 130 Å². The number of nitrogens with zero attached hydrogens (tertiary/aromatic N) is 8. The number of nitrogens with one attached hydrogen (secondary N) is 3. The zero-order valence-corrected chi connectivity index (χ0v) is 32.7. The van der Waals surface area contributed by atoms with E-state index in [2.05, 4.69) is 77.0 Å². The van der Waals surface area contributed by atoms with Gasteiger partial charge in [0.2, 0.25) is 11.9 Å². The summed E-state index contributed by atoms with van der Waals surface area (Å²) in [7, 11) is 5.36. The molecule has 16 heteroatoms. The lowest BCUT2D eigenvalue weighted by Gasteiger charge is -2.18. The van der Waals surface area contributed by atoms with Crippen molar-refractivity contribution >= 4 is 88.8 Å². The third-order valence-electron chi connectivity index (χ3n) is 8.55. The second-order valence-electron chi connectivity index (χ2n) is 12.1. The average molecular weight is 862 g/mol. The molecule has 0 atom stereocenters. The Morgan fingerprint density at radius 1 is 0.618 bits per heavy atom. The fourth-order valence-electron chi connectivity index (χ4n) is 5.69. The number of benzene rings is 2. The molecule has 0 spiro atoms. The molecule has 274 valence electrons. The number of anilines is 4. The Balaban J connectivity index is 0.000000169. The van der Waals surface area contributed by atoms with Crippen molar-refractivity contribution in [1.82, 2.24) is 45.2 Å². The molecule has 14 nitrogen and oxygen atoms in total. The molecule has 0 fully saturated rings. The Kier molecular flexibility index (Phi) is 10.6. The van der Waals surface area contributed by atoms with Crippen LogP contribution in [-0.4, -0.2) is 78.0 Å². The van der Waals surface area contributed by atoms with Gasteiger partial charge in [0.05, 0.1) is 33.8 Å². The minimum absolute atomic E-state index is 0.138. The lowest BCUT2D eigenvalue weighted by molar-refractivity contribution is 0.0691. The van der Waals surface area contributed by atoms with Crippen molar-refractivity contribution in [2.24, 2.45) is 0 Å². The number of hydrogen-bond acceptors (Lipinski definition) is 10. The standard InChI is InChI=1S/C20H17BrN6O.C19H14BrN5O2/c1-22-19(28)17-10-12-9-13(11-14(21)18(12)25-17)27(2)20-24-8-6-16(26-20)15-5-3-4-7-23-15;1-25(19-22-7-5-15(24-19)14-4-2-3-6-21-14)12-8-11-9-16(18(26)27)23-17(11)13(20)10-12/h3-11,25H,1-2H3,(H,22,28);2-10,23H,1H3,(H,26,27). The van der Waals surface area contributed by atoms with Gasteiger partial charge in [-0.3, -0.25) is 14.8 Å². The van der Waals surface area contributed by atoms with Gasteiger partial charge >= 0.3 is 5.97 Å². The van der Waals surface area contributed by atoms with E-state index in [1.165, 1.54) is 0 Å². The van der Waals surface area contributed by atoms with E-state index in [-0.39, 0.29) is 11.6 Å². The number of hydrogen-bond donors (Lipinski definition) is 4. The van der Waals surface area contributed by atoms with E-state index < -0.39 is 5.97 Å². The third-order valence-corrected chi connectivity index (χ3v) is 9.80. The predicted octanol–water partition coefficient (Wildman–Crippen LogP) is 8.16. The number of halogens is 2. The summed E-state index contributed by atoms with van der Waals surface area (Å²) in [4.78, 5) is 59.5. The normalized spacial score (nSPS) is 10.9. The summed E-state index contributed by atoms with van der Waals surface area (Å²) in [6, 6.07) is 26.2. The molecule has 0 aliphatic carbocycles. The largest absolute Gasteiger partial charge is 0.477 e. The number of amides is 1. The highest BCUT2D eigenvalue weighted by Crippen LogP contribution is 2.34. The number of carboxylic acid groups (broad SMARTS) is 1. The Bertz CT molecular complexity index is 2670. The number of carboxylic acids is 1. The van der Waals surface area contributed by atoms with Gasteiger partial charge in [-0.2, -0.15) is 0 Å². The van der Waals surface area contributed by atoms with Crippen LogP contribution >= 0.6 is 31.9 Å². The number of aromatic nitrogens is 8. The fraction of sp³-hybridized carbons (Fsp3) is 0.0769. The molecule has 1 amide bonds. The van der Waals surface area contributed by atoms with Crippen LogP contribution in [0.3, 0.4) is 0 Å². The molecule has 55 heavy (non-hydrogen) atoms. The van der Waals surface area contributed by atoms with Gasteiger partial charge in [-0.15, -0.1) is 0 Å². The van der Waals surface area contributed by atoms with Gasteiger partial charge in [0.25, 0.3) is 5.91 Å². The van der Waals surface area contributed by atoms with Crippen LogP contribution in [0, 0.1) is 0 Å². The summed E-state index contributed by atoms with van der Waals surface area (Å²) in [5.41, 5.74) is 6.98. The average Bonchev–Trinajstić information content (AvgIpc) is 3.87. The molecular formula is C39H31Br2N11O3. The number of H-pyrrole nitrogens is 2. The lowest BCUT2D eigenvalue weighted by Crippen LogP contribution is -2.17. The molecule has 0 aliphatic rings. The summed E-state index contributed by atoms with van der Waals surface area (Å²) in [5, 5.41) is 13.5. The van der Waals surface area contributed by atoms with Gasteiger partial charge in [0.15, 0.2) is 0 Å². The smallest absolute Gasteiger partial charge is 0.352 e. The highest BCUT2D eigenvalue weighted by Gasteiger charge is 2.17. The van der Waals surface area contributed by atoms with Crippen LogP contribution in [0.2, 0.25) is 0 Å². The predicted molar refractivity (Wildman–Crippen MR) is 219 cm³/mol. The summed E-state index contributed by atoms with van der Waals surface area (Å²) in [6.45, 7) is 0. The van der Waals surface area contributed by atoms with Crippen LogP contribution in [0.25, 0.3) is 44.6 Å². The molecular weight excluding hydrogens is 830 g/mol. The van der Waals surface area contributed by atoms with E-state index in [9.17, 15) is 14.7 Å². The molecule has 6 heterocycles. The van der Waals surface area contributed by atoms with Gasteiger partial charge in [0, 0.05) is 77.0 Å². The zero-order valence-electron chi connectivity index (χ0n) is 29.5. The van der Waals surface area contributed by atoms with Crippen molar-refractivity contribution in [1.29, 1.82) is 0 Å². The van der Waals surface area contributed by atoms with Crippen LogP contribution in [0.4, 0.5) is 23.3 Å². The summed E-state index contributed by atoms with van der Waals surface area (Å²) in [6.07, 6.45) is 6.87. The topological polar surface area (TPSA) is 182 Å². The van der Waals surface area contributed by atoms with Gasteiger partial charge in [-0.25, -0.2) is 24.7 Å². The van der Waals surface area contributed by atoms with E-state index in [0.717, 1.165) is 64.9 Å². The third kappa shape index (κ3) is 7.90. The summed E-state index contributed by atoms with van der Waals surface area (Å²) >= 11 is 7.08. The second kappa shape index (κ2) is 15.8. The van der Waals surface area contributed by atoms with E-state index in [1.54, 1.807) is 37.9 Å². The molecule has 0 aliphatic heterocycles. The van der Waals surface area contributed by atoms with Crippen LogP contribution in [0.5, 0.6) is 0 Å². The maximum atomic E-state index is 11.9. The van der Waals surface area contributed by atoms with E-state index >= 15 is 0 Å². The molecule has 0 saturated heterocycles. The van der Waals surface area contributed by atoms with Gasteiger partial charge in [-0.1, -0.05) is 12.1 Å². The Morgan fingerprint density at radius 3 is 1.53 bits per heavy atom. The monoisotopic (exact) mass is 859 g/mol. The second-order valence-corrected chi connectivity index (χ2v) is 13.8. The quantitative estimate of drug-likeness (QED) is 0.116. The highest BCUT2D eigenvalue weighted by atomic mass is 79.9. The van der Waals surface area contributed by atoms with E-state index in [1.807, 2.05) is 103 Å². The maximum Gasteiger partial charge on any atom is 0.352 e. The first kappa shape index (κ1) is 36.8. The summed E-state index contributed by atoms with van der Waals surface area (Å²) in [5.74, 6) is -0.0985. The number of pyridine rings is 2. The number of aromatic amines is 2. The van der Waals surface area contributed by atoms with Crippen molar-refractivity contribution in [2.45, 2.75) is 0 Å². The number of fused-ring (bicyclic) bond motifs is 2. The SMILES string of the molecule is CN(c1cc(Br)c2[nH]c(C(=O)O)cc2c1)c1nccc(-c2ccccn2)n1.CNC(=O)c1cc2cc(N(C)c3nccc(-c4ccccn4)n3)cc(Br)c2[nH]1. The molecule has 0 bridgehead atoms. The molecule has 8 rings (SSSR count). The van der Waals surface area contributed by atoms with Gasteiger partial charge in [0.1, 0.15) is 11.4 Å². The van der Waals surface area contributed by atoms with Crippen LogP contribution in [0.15, 0.2) is 119 Å². The first-order chi connectivity index (χ1) is 26.6. The first-order valence-corrected chi connectivity index (χ1v) is 18.2. The van der Waals surface area contributed by atoms with Crippen molar-refractivity contribution in [3.8, 4) is 22.8 Å². The Hall–Kier alpha value is -6.52. The van der Waals surface area contributed by atoms with E-state index in [0.29, 0.717) is 17.6 Å². The van der Waals surface area contributed by atoms with Crippen LogP contribution in [0.1, 0.15) is 21.0 Å². The van der Waals surface area contributed by atoms with Crippen molar-refractivity contribution in [2.75, 3.05) is 30.9 Å². The van der Waals surface area contributed by atoms with Crippen LogP contribution < -0.4 is 15.1 Å². The molecule has 4 N–H and O–H groups in total. The Labute approximate surface area is 331 Å². The number of aromatic carboxylic acids is 1. The van der Waals surface area contributed by atoms with Crippen LogP contribution in [-0.2, 0) is 0 Å². The minimum Gasteiger partial charge on any atom is -0.477 e.